The predicted molar refractivity (Wildman–Crippen MR) is 295 cm³/mol. The average molecular weight is 991 g/mol. The Labute approximate surface area is 426 Å². The summed E-state index contributed by atoms with van der Waals surface area (Å²) in [6.07, 6.45) is 60.7. The van der Waals surface area contributed by atoms with Gasteiger partial charge in [0.1, 0.15) is 19.3 Å². The second-order valence-corrected chi connectivity index (χ2v) is 21.9. The number of carbonyl (C=O) groups is 2. The quantitative estimate of drug-likeness (QED) is 0.0205. The van der Waals surface area contributed by atoms with Gasteiger partial charge in [0.2, 0.25) is 5.91 Å². The molecule has 0 aromatic rings. The minimum absolute atomic E-state index is 0.0339. The number of quaternary nitrogens is 1. The molecule has 0 aliphatic heterocycles. The van der Waals surface area contributed by atoms with Gasteiger partial charge in [-0.25, -0.2) is 4.57 Å². The van der Waals surface area contributed by atoms with Crippen molar-refractivity contribution >= 4 is 19.7 Å². The fraction of sp³-hybridized carbons (Fsp3) is 0.797. The second kappa shape index (κ2) is 49.3. The number of phosphoric acid groups is 1. The van der Waals surface area contributed by atoms with E-state index in [4.69, 9.17) is 13.8 Å². The van der Waals surface area contributed by atoms with E-state index in [-0.39, 0.29) is 31.5 Å². The summed E-state index contributed by atoms with van der Waals surface area (Å²) in [5.41, 5.74) is 0. The molecule has 9 nitrogen and oxygen atoms in total. The van der Waals surface area contributed by atoms with Crippen LogP contribution < -0.4 is 5.32 Å². The molecule has 0 spiro atoms. The average Bonchev–Trinajstić information content (AvgIpc) is 3.31. The SMILES string of the molecule is CCCCC/C=C\C/C=C\C/C=C\CCCCCCCCC(=O)NC(COP(=O)(O)OCC[N+](C)(C)C)C(/C=C\CCCCCCCCCCC)OC(=O)CCCCC/C=C\CCCCCCCC. The molecule has 0 aliphatic carbocycles. The minimum Gasteiger partial charge on any atom is -0.456 e. The zero-order valence-corrected chi connectivity index (χ0v) is 46.7. The van der Waals surface area contributed by atoms with Gasteiger partial charge in [0.15, 0.2) is 0 Å². The molecule has 0 aliphatic rings. The first-order chi connectivity index (χ1) is 33.4. The van der Waals surface area contributed by atoms with Gasteiger partial charge in [-0.3, -0.25) is 18.6 Å². The number of amides is 1. The number of nitrogens with zero attached hydrogens (tertiary/aromatic N) is 1. The first-order valence-electron chi connectivity index (χ1n) is 28.6. The van der Waals surface area contributed by atoms with E-state index in [9.17, 15) is 19.0 Å². The number of rotatable bonds is 51. The van der Waals surface area contributed by atoms with Gasteiger partial charge in [-0.1, -0.05) is 204 Å². The van der Waals surface area contributed by atoms with Gasteiger partial charge < -0.3 is 19.4 Å². The van der Waals surface area contributed by atoms with Gasteiger partial charge in [-0.2, -0.15) is 0 Å². The number of ether oxygens (including phenoxy) is 1. The summed E-state index contributed by atoms with van der Waals surface area (Å²) in [7, 11) is 1.48. The molecule has 1 amide bonds. The molecular formula is C59H110N2O7P+. The molecule has 0 saturated carbocycles. The number of hydrogen-bond acceptors (Lipinski definition) is 6. The fourth-order valence-corrected chi connectivity index (χ4v) is 8.68. The number of esters is 1. The third kappa shape index (κ3) is 50.4. The molecular weight excluding hydrogens is 880 g/mol. The highest BCUT2D eigenvalue weighted by Gasteiger charge is 2.30. The van der Waals surface area contributed by atoms with Crippen molar-refractivity contribution in [2.45, 2.75) is 264 Å². The predicted octanol–water partition coefficient (Wildman–Crippen LogP) is 17.1. The highest BCUT2D eigenvalue weighted by molar-refractivity contribution is 7.47. The molecule has 0 saturated heterocycles. The fourth-order valence-electron chi connectivity index (χ4n) is 7.94. The van der Waals surface area contributed by atoms with Crippen molar-refractivity contribution in [3.63, 3.8) is 0 Å². The molecule has 2 N–H and O–H groups in total. The Kier molecular flexibility index (Phi) is 47.7. The Morgan fingerprint density at radius 1 is 0.507 bits per heavy atom. The van der Waals surface area contributed by atoms with Crippen LogP contribution in [-0.4, -0.2) is 74.3 Å². The van der Waals surface area contributed by atoms with E-state index in [1.807, 2.05) is 33.3 Å². The molecule has 0 rings (SSSR count). The standard InChI is InChI=1S/C59H109N2O7P/c1-7-10-13-16-19-22-25-27-28-29-30-31-32-34-36-39-42-45-48-51-58(62)60-56(55-67-69(64,65)66-54-53-61(4,5)6)57(50-47-44-41-38-35-24-21-18-15-12-9-3)68-59(63)52-49-46-43-40-37-33-26-23-20-17-14-11-8-2/h19,22,27-28,30-31,33,37,47,50,56-57H,7-18,20-21,23-26,29,32,34-36,38-46,48-49,51-55H2,1-6H3,(H-,60,62,64,65)/p+1/b22-19-,28-27-,31-30-,37-33-,50-47-. The Balaban J connectivity index is 5.34. The highest BCUT2D eigenvalue weighted by atomic mass is 31.2. The minimum atomic E-state index is -4.45. The Hall–Kier alpha value is -2.29. The van der Waals surface area contributed by atoms with E-state index >= 15 is 0 Å². The Bertz CT molecular complexity index is 1370. The molecule has 3 unspecified atom stereocenters. The van der Waals surface area contributed by atoms with Crippen LogP contribution in [0.15, 0.2) is 60.8 Å². The van der Waals surface area contributed by atoms with Crippen LogP contribution >= 0.6 is 7.82 Å². The zero-order chi connectivity index (χ0) is 50.8. The normalized spacial score (nSPS) is 14.2. The number of likely N-dealkylation sites (N-methyl/N-ethyl adjacent to an activating group) is 1. The van der Waals surface area contributed by atoms with E-state index in [0.717, 1.165) is 89.9 Å². The molecule has 0 radical (unpaired) electrons. The van der Waals surface area contributed by atoms with E-state index in [1.54, 1.807) is 0 Å². The maximum Gasteiger partial charge on any atom is 0.472 e. The monoisotopic (exact) mass is 990 g/mol. The number of allylic oxidation sites excluding steroid dienone is 9. The van der Waals surface area contributed by atoms with Crippen LogP contribution in [0, 0.1) is 0 Å². The molecule has 69 heavy (non-hydrogen) atoms. The summed E-state index contributed by atoms with van der Waals surface area (Å²) in [5, 5.41) is 3.03. The van der Waals surface area contributed by atoms with Crippen molar-refractivity contribution in [2.75, 3.05) is 40.9 Å². The summed E-state index contributed by atoms with van der Waals surface area (Å²) >= 11 is 0. The topological polar surface area (TPSA) is 111 Å². The molecule has 0 bridgehead atoms. The summed E-state index contributed by atoms with van der Waals surface area (Å²) < 4.78 is 30.6. The molecule has 0 fully saturated rings. The van der Waals surface area contributed by atoms with E-state index < -0.39 is 20.0 Å². The van der Waals surface area contributed by atoms with Crippen molar-refractivity contribution < 1.29 is 37.3 Å². The van der Waals surface area contributed by atoms with Crippen molar-refractivity contribution in [3.8, 4) is 0 Å². The van der Waals surface area contributed by atoms with Crippen LogP contribution in [0.3, 0.4) is 0 Å². The van der Waals surface area contributed by atoms with Gasteiger partial charge in [-0.15, -0.1) is 0 Å². The van der Waals surface area contributed by atoms with E-state index in [0.29, 0.717) is 23.9 Å². The van der Waals surface area contributed by atoms with Crippen molar-refractivity contribution in [3.05, 3.63) is 60.8 Å². The number of phosphoric ester groups is 1. The Morgan fingerprint density at radius 3 is 1.38 bits per heavy atom. The largest absolute Gasteiger partial charge is 0.472 e. The zero-order valence-electron chi connectivity index (χ0n) is 45.8. The summed E-state index contributed by atoms with van der Waals surface area (Å²) in [5.74, 6) is -0.539. The van der Waals surface area contributed by atoms with Crippen molar-refractivity contribution in [1.29, 1.82) is 0 Å². The van der Waals surface area contributed by atoms with Gasteiger partial charge in [0.05, 0.1) is 33.8 Å². The maximum absolute atomic E-state index is 13.5. The smallest absolute Gasteiger partial charge is 0.456 e. The van der Waals surface area contributed by atoms with Gasteiger partial charge in [-0.05, 0) is 96.0 Å². The lowest BCUT2D eigenvalue weighted by molar-refractivity contribution is -0.870. The lowest BCUT2D eigenvalue weighted by Gasteiger charge is -2.27. The van der Waals surface area contributed by atoms with Crippen LogP contribution in [0.1, 0.15) is 252 Å². The molecule has 0 aromatic heterocycles. The summed E-state index contributed by atoms with van der Waals surface area (Å²) in [4.78, 5) is 37.5. The first kappa shape index (κ1) is 66.7. The van der Waals surface area contributed by atoms with Crippen LogP contribution in [0.5, 0.6) is 0 Å². The number of carbonyl (C=O) groups excluding carboxylic acids is 2. The van der Waals surface area contributed by atoms with Crippen LogP contribution in [-0.2, 0) is 27.9 Å². The molecule has 10 heteroatoms. The van der Waals surface area contributed by atoms with Gasteiger partial charge in [0, 0.05) is 12.8 Å². The highest BCUT2D eigenvalue weighted by Crippen LogP contribution is 2.43. The van der Waals surface area contributed by atoms with E-state index in [1.165, 1.54) is 122 Å². The number of nitrogens with one attached hydrogen (secondary N) is 1. The van der Waals surface area contributed by atoms with Crippen molar-refractivity contribution in [2.24, 2.45) is 0 Å². The molecule has 0 aromatic carbocycles. The lowest BCUT2D eigenvalue weighted by atomic mass is 10.1. The summed E-state index contributed by atoms with van der Waals surface area (Å²) in [6.45, 7) is 6.94. The van der Waals surface area contributed by atoms with Gasteiger partial charge in [0.25, 0.3) is 0 Å². The lowest BCUT2D eigenvalue weighted by Crippen LogP contribution is -2.47. The molecule has 0 heterocycles. The van der Waals surface area contributed by atoms with E-state index in [2.05, 4.69) is 74.7 Å². The Morgan fingerprint density at radius 2 is 0.884 bits per heavy atom. The number of hydrogen-bond donors (Lipinski definition) is 2. The maximum atomic E-state index is 13.5. The molecule has 402 valence electrons. The second-order valence-electron chi connectivity index (χ2n) is 20.5. The van der Waals surface area contributed by atoms with Crippen molar-refractivity contribution in [1.82, 2.24) is 5.32 Å². The third-order valence-electron chi connectivity index (χ3n) is 12.4. The van der Waals surface area contributed by atoms with Gasteiger partial charge >= 0.3 is 13.8 Å². The molecule has 3 atom stereocenters. The third-order valence-corrected chi connectivity index (χ3v) is 13.4. The summed E-state index contributed by atoms with van der Waals surface area (Å²) in [6, 6.07) is -0.860. The van der Waals surface area contributed by atoms with Crippen LogP contribution in [0.4, 0.5) is 0 Å². The number of unbranched alkanes of at least 4 members (excludes halogenated alkanes) is 27. The van der Waals surface area contributed by atoms with Crippen LogP contribution in [0.2, 0.25) is 0 Å². The van der Waals surface area contributed by atoms with Crippen LogP contribution in [0.25, 0.3) is 0 Å². The first-order valence-corrected chi connectivity index (χ1v) is 30.1.